The fourth-order valence-corrected chi connectivity index (χ4v) is 1.39. The van der Waals surface area contributed by atoms with Gasteiger partial charge in [0.15, 0.2) is 5.78 Å². The highest BCUT2D eigenvalue weighted by atomic mass is 35.5. The maximum atomic E-state index is 11.5. The molecule has 0 unspecified atom stereocenters. The summed E-state index contributed by atoms with van der Waals surface area (Å²) in [5.41, 5.74) is 6.33. The molecule has 0 fully saturated rings. The molecule has 1 aromatic rings. The molecule has 0 bridgehead atoms. The second kappa shape index (κ2) is 4.67. The highest BCUT2D eigenvalue weighted by Gasteiger charge is 2.18. The summed E-state index contributed by atoms with van der Waals surface area (Å²) in [7, 11) is 1.38. The highest BCUT2D eigenvalue weighted by Crippen LogP contribution is 2.29. The number of carbonyl (C=O) groups excluding carboxylic acids is 1. The topological polar surface area (TPSA) is 76.1 Å². The van der Waals surface area contributed by atoms with Gasteiger partial charge in [0.1, 0.15) is 11.8 Å². The van der Waals surface area contributed by atoms with E-state index in [1.165, 1.54) is 19.2 Å². The number of methoxy groups -OCH3 is 1. The van der Waals surface area contributed by atoms with Gasteiger partial charge >= 0.3 is 0 Å². The van der Waals surface area contributed by atoms with Crippen LogP contribution in [0.1, 0.15) is 15.9 Å². The molecule has 0 aliphatic heterocycles. The smallest absolute Gasteiger partial charge is 0.183 e. The van der Waals surface area contributed by atoms with Crippen LogP contribution in [-0.2, 0) is 0 Å². The van der Waals surface area contributed by atoms with Crippen molar-refractivity contribution in [2.45, 2.75) is 0 Å². The van der Waals surface area contributed by atoms with Crippen molar-refractivity contribution in [2.24, 2.45) is 0 Å². The van der Waals surface area contributed by atoms with Gasteiger partial charge in [-0.25, -0.2) is 0 Å². The Bertz CT molecular complexity index is 438. The van der Waals surface area contributed by atoms with Crippen molar-refractivity contribution in [3.05, 3.63) is 23.3 Å². The molecular formula is C10H9ClN2O2. The first kappa shape index (κ1) is 11.3. The average Bonchev–Trinajstić information content (AvgIpc) is 2.27. The summed E-state index contributed by atoms with van der Waals surface area (Å²) in [5, 5.41) is 8.80. The zero-order chi connectivity index (χ0) is 11.4. The van der Waals surface area contributed by atoms with Crippen LogP contribution in [0, 0.1) is 11.3 Å². The quantitative estimate of drug-likeness (QED) is 0.480. The Labute approximate surface area is 92.2 Å². The Hall–Kier alpha value is -1.73. The van der Waals surface area contributed by atoms with Crippen LogP contribution in [0.25, 0.3) is 0 Å². The second-order valence-corrected chi connectivity index (χ2v) is 3.05. The van der Waals surface area contributed by atoms with Crippen LogP contribution in [0.5, 0.6) is 5.75 Å². The van der Waals surface area contributed by atoms with Gasteiger partial charge in [0.25, 0.3) is 0 Å². The number of nitrogens with two attached hydrogens (primary N) is 1. The molecule has 0 saturated carbocycles. The second-order valence-electron chi connectivity index (χ2n) is 2.78. The van der Waals surface area contributed by atoms with Gasteiger partial charge < -0.3 is 10.5 Å². The third-order valence-electron chi connectivity index (χ3n) is 1.91. The molecule has 0 aliphatic rings. The van der Waals surface area contributed by atoms with Crippen molar-refractivity contribution >= 4 is 23.1 Å². The standard InChI is InChI=1S/C10H9ClN2O2/c1-15-10-6(5-12)2-3-7(13)9(10)8(14)4-11/h2-3H,4,13H2,1H3. The van der Waals surface area contributed by atoms with Crippen LogP contribution in [-0.4, -0.2) is 18.8 Å². The molecule has 0 heterocycles. The van der Waals surface area contributed by atoms with Crippen molar-refractivity contribution in [1.29, 1.82) is 5.26 Å². The normalized spacial score (nSPS) is 9.40. The van der Waals surface area contributed by atoms with Crippen LogP contribution in [0.2, 0.25) is 0 Å². The van der Waals surface area contributed by atoms with Gasteiger partial charge in [0, 0.05) is 5.69 Å². The Morgan fingerprint density at radius 3 is 2.80 bits per heavy atom. The number of rotatable bonds is 3. The number of hydrogen-bond donors (Lipinski definition) is 1. The van der Waals surface area contributed by atoms with Crippen LogP contribution in [0.3, 0.4) is 0 Å². The lowest BCUT2D eigenvalue weighted by Gasteiger charge is -2.10. The number of Topliss-reactive ketones (excluding diaryl/α,β-unsaturated/α-hetero) is 1. The summed E-state index contributed by atoms with van der Waals surface area (Å²) in [6.45, 7) is 0. The minimum absolute atomic E-state index is 0.173. The van der Waals surface area contributed by atoms with E-state index in [1.54, 1.807) is 0 Å². The number of anilines is 1. The van der Waals surface area contributed by atoms with E-state index in [1.807, 2.05) is 6.07 Å². The number of nitriles is 1. The molecule has 0 aromatic heterocycles. The van der Waals surface area contributed by atoms with Crippen LogP contribution in [0.15, 0.2) is 12.1 Å². The van der Waals surface area contributed by atoms with E-state index in [-0.39, 0.29) is 34.2 Å². The molecular weight excluding hydrogens is 216 g/mol. The number of nitrogen functional groups attached to an aromatic ring is 1. The summed E-state index contributed by atoms with van der Waals surface area (Å²) in [5.74, 6) is -0.374. The van der Waals surface area contributed by atoms with Gasteiger partial charge in [-0.1, -0.05) is 0 Å². The molecule has 78 valence electrons. The van der Waals surface area contributed by atoms with Crippen LogP contribution in [0.4, 0.5) is 5.69 Å². The molecule has 5 heteroatoms. The third-order valence-corrected chi connectivity index (χ3v) is 2.16. The number of carbonyl (C=O) groups is 1. The third kappa shape index (κ3) is 2.03. The fraction of sp³-hybridized carbons (Fsp3) is 0.200. The molecule has 15 heavy (non-hydrogen) atoms. The summed E-state index contributed by atoms with van der Waals surface area (Å²) >= 11 is 5.44. The minimum atomic E-state index is -0.358. The summed E-state index contributed by atoms with van der Waals surface area (Å²) < 4.78 is 4.99. The maximum Gasteiger partial charge on any atom is 0.183 e. The molecule has 0 atom stereocenters. The van der Waals surface area contributed by atoms with E-state index < -0.39 is 0 Å². The van der Waals surface area contributed by atoms with E-state index in [4.69, 9.17) is 27.3 Å². The van der Waals surface area contributed by atoms with Gasteiger partial charge in [0.2, 0.25) is 0 Å². The van der Waals surface area contributed by atoms with E-state index in [0.717, 1.165) is 0 Å². The molecule has 4 nitrogen and oxygen atoms in total. The van der Waals surface area contributed by atoms with Crippen molar-refractivity contribution in [1.82, 2.24) is 0 Å². The molecule has 0 radical (unpaired) electrons. The Balaban J connectivity index is 3.47. The monoisotopic (exact) mass is 224 g/mol. The van der Waals surface area contributed by atoms with Crippen molar-refractivity contribution < 1.29 is 9.53 Å². The van der Waals surface area contributed by atoms with Gasteiger partial charge in [-0.2, -0.15) is 5.26 Å². The molecule has 0 spiro atoms. The largest absolute Gasteiger partial charge is 0.495 e. The lowest BCUT2D eigenvalue weighted by molar-refractivity contribution is 0.101. The van der Waals surface area contributed by atoms with Gasteiger partial charge in [0.05, 0.1) is 24.1 Å². The number of hydrogen-bond acceptors (Lipinski definition) is 4. The van der Waals surface area contributed by atoms with Gasteiger partial charge in [-0.15, -0.1) is 11.6 Å². The predicted molar refractivity (Wildman–Crippen MR) is 57.2 cm³/mol. The van der Waals surface area contributed by atoms with Crippen molar-refractivity contribution in [3.63, 3.8) is 0 Å². The summed E-state index contributed by atoms with van der Waals surface area (Å²) in [6.07, 6.45) is 0. The van der Waals surface area contributed by atoms with Crippen LogP contribution >= 0.6 is 11.6 Å². The molecule has 1 aromatic carbocycles. The van der Waals surface area contributed by atoms with Gasteiger partial charge in [-0.3, -0.25) is 4.79 Å². The van der Waals surface area contributed by atoms with Crippen molar-refractivity contribution in [3.8, 4) is 11.8 Å². The predicted octanol–water partition coefficient (Wildman–Crippen LogP) is 1.57. The number of ketones is 1. The summed E-state index contributed by atoms with van der Waals surface area (Å²) in [6, 6.07) is 4.90. The minimum Gasteiger partial charge on any atom is -0.495 e. The van der Waals surface area contributed by atoms with Crippen molar-refractivity contribution in [2.75, 3.05) is 18.7 Å². The van der Waals surface area contributed by atoms with E-state index >= 15 is 0 Å². The van der Waals surface area contributed by atoms with Gasteiger partial charge in [-0.05, 0) is 12.1 Å². The zero-order valence-electron chi connectivity index (χ0n) is 8.08. The molecule has 1 rings (SSSR count). The number of nitrogens with zero attached hydrogens (tertiary/aromatic N) is 1. The van der Waals surface area contributed by atoms with E-state index in [9.17, 15) is 4.79 Å². The lowest BCUT2D eigenvalue weighted by atomic mass is 10.0. The first-order chi connectivity index (χ1) is 7.15. The Morgan fingerprint density at radius 2 is 2.33 bits per heavy atom. The highest BCUT2D eigenvalue weighted by molar-refractivity contribution is 6.31. The SMILES string of the molecule is COc1c(C#N)ccc(N)c1C(=O)CCl. The number of halogens is 1. The number of ether oxygens (including phenoxy) is 1. The fourth-order valence-electron chi connectivity index (χ4n) is 1.25. The first-order valence-electron chi connectivity index (χ1n) is 4.11. The maximum absolute atomic E-state index is 11.5. The molecule has 2 N–H and O–H groups in total. The Kier molecular flexibility index (Phi) is 3.53. The number of alkyl halides is 1. The van der Waals surface area contributed by atoms with E-state index in [2.05, 4.69) is 0 Å². The molecule has 0 saturated heterocycles. The summed E-state index contributed by atoms with van der Waals surface area (Å²) in [4.78, 5) is 11.5. The lowest BCUT2D eigenvalue weighted by Crippen LogP contribution is -2.08. The molecule has 0 amide bonds. The zero-order valence-corrected chi connectivity index (χ0v) is 8.84. The average molecular weight is 225 g/mol. The first-order valence-corrected chi connectivity index (χ1v) is 4.64. The van der Waals surface area contributed by atoms with Crippen LogP contribution < -0.4 is 10.5 Å². The molecule has 0 aliphatic carbocycles. The van der Waals surface area contributed by atoms with E-state index in [0.29, 0.717) is 0 Å². The number of benzene rings is 1. The Morgan fingerprint density at radius 1 is 1.67 bits per heavy atom.